The maximum Gasteiger partial charge on any atom is 0.410 e. The molecule has 50 heavy (non-hydrogen) atoms. The topological polar surface area (TPSA) is 197 Å². The predicted molar refractivity (Wildman–Crippen MR) is 179 cm³/mol. The molecule has 0 aliphatic carbocycles. The molecule has 296 valence electrons. The highest BCUT2D eigenvalue weighted by Crippen LogP contribution is 2.08. The van der Waals surface area contributed by atoms with Crippen molar-refractivity contribution in [2.45, 2.75) is 26.4 Å². The van der Waals surface area contributed by atoms with Crippen LogP contribution in [0, 0.1) is 0 Å². The fraction of sp³-hybridized carbons (Fsp3) is 0.906. The Morgan fingerprint density at radius 2 is 0.820 bits per heavy atom. The van der Waals surface area contributed by atoms with Crippen LogP contribution in [-0.2, 0) is 66.4 Å². The van der Waals surface area contributed by atoms with Crippen LogP contribution < -0.4 is 5.32 Å². The molecule has 0 fully saturated rings. The molecule has 2 amide bonds. The number of carbonyl (C=O) groups excluding carboxylic acids is 2. The van der Waals surface area contributed by atoms with Crippen LogP contribution in [0.1, 0.15) is 20.8 Å². The van der Waals surface area contributed by atoms with Gasteiger partial charge in [-0.1, -0.05) is 0 Å². The number of carbonyl (C=O) groups is 3. The lowest BCUT2D eigenvalue weighted by Gasteiger charge is -2.24. The van der Waals surface area contributed by atoms with Crippen LogP contribution in [0.15, 0.2) is 0 Å². The second-order valence-electron chi connectivity index (χ2n) is 11.3. The molecular weight excluding hydrogens is 668 g/mol. The van der Waals surface area contributed by atoms with Crippen molar-refractivity contribution in [3.8, 4) is 0 Å². The van der Waals surface area contributed by atoms with Crippen molar-refractivity contribution in [1.29, 1.82) is 0 Å². The largest absolute Gasteiger partial charge is 0.480 e. The third kappa shape index (κ3) is 38.6. The fourth-order valence-corrected chi connectivity index (χ4v) is 3.26. The second kappa shape index (κ2) is 35.2. The number of carboxylic acids is 1. The summed E-state index contributed by atoms with van der Waals surface area (Å²) in [6, 6.07) is 0. The maximum absolute atomic E-state index is 11.9. The average molecular weight is 731 g/mol. The van der Waals surface area contributed by atoms with Gasteiger partial charge in [-0.3, -0.25) is 4.79 Å². The van der Waals surface area contributed by atoms with Crippen LogP contribution in [0.25, 0.3) is 0 Å². The zero-order valence-electron chi connectivity index (χ0n) is 30.5. The molecule has 0 saturated carbocycles. The standard InChI is InChI=1S/C32H62N2O16/c1-32(2,3)50-31(38)34(4)6-8-40-10-12-42-14-16-44-18-20-46-22-24-48-26-25-47-23-21-45-19-17-43-15-13-41-11-9-39-7-5-33-29(35)27-49-28-30(36)37/h5-28H2,1-4H3,(H,33,35)(H,36,37). The van der Waals surface area contributed by atoms with Gasteiger partial charge in [0.25, 0.3) is 0 Å². The van der Waals surface area contributed by atoms with Gasteiger partial charge in [0.1, 0.15) is 18.8 Å². The number of nitrogens with zero attached hydrogens (tertiary/aromatic N) is 1. The minimum absolute atomic E-state index is 0.296. The molecule has 18 nitrogen and oxygen atoms in total. The van der Waals surface area contributed by atoms with Crippen molar-refractivity contribution in [2.75, 3.05) is 165 Å². The van der Waals surface area contributed by atoms with Crippen LogP contribution in [0.5, 0.6) is 0 Å². The highest BCUT2D eigenvalue weighted by Gasteiger charge is 2.19. The van der Waals surface area contributed by atoms with E-state index in [9.17, 15) is 14.4 Å². The molecule has 18 heteroatoms. The van der Waals surface area contributed by atoms with Gasteiger partial charge >= 0.3 is 12.1 Å². The second-order valence-corrected chi connectivity index (χ2v) is 11.3. The van der Waals surface area contributed by atoms with E-state index in [0.717, 1.165) is 0 Å². The van der Waals surface area contributed by atoms with E-state index < -0.39 is 24.1 Å². The first-order chi connectivity index (χ1) is 24.1. The number of likely N-dealkylation sites (N-methyl/N-ethyl adjacent to an activating group) is 1. The molecular formula is C32H62N2O16. The van der Waals surface area contributed by atoms with Crippen LogP contribution >= 0.6 is 0 Å². The van der Waals surface area contributed by atoms with Gasteiger partial charge in [0.15, 0.2) is 0 Å². The van der Waals surface area contributed by atoms with E-state index in [0.29, 0.717) is 145 Å². The molecule has 0 atom stereocenters. The molecule has 0 spiro atoms. The Kier molecular flexibility index (Phi) is 33.6. The SMILES string of the molecule is CN(CCOCCOCCOCCOCCOCCOCCOCCOCCOCCOCCNC(=O)COCC(=O)O)C(=O)OC(C)(C)C. The Bertz CT molecular complexity index is 803. The molecule has 0 saturated heterocycles. The van der Waals surface area contributed by atoms with E-state index in [-0.39, 0.29) is 12.7 Å². The predicted octanol–water partition coefficient (Wildman–Crippen LogP) is 0.237. The monoisotopic (exact) mass is 730 g/mol. The van der Waals surface area contributed by atoms with E-state index in [1.807, 2.05) is 20.8 Å². The van der Waals surface area contributed by atoms with E-state index in [1.165, 1.54) is 4.90 Å². The van der Waals surface area contributed by atoms with Crippen LogP contribution in [-0.4, -0.2) is 199 Å². The van der Waals surface area contributed by atoms with E-state index in [4.69, 9.17) is 57.2 Å². The third-order valence-corrected chi connectivity index (χ3v) is 5.65. The van der Waals surface area contributed by atoms with Gasteiger partial charge in [0, 0.05) is 20.1 Å². The number of ether oxygens (including phenoxy) is 12. The van der Waals surface area contributed by atoms with Crippen molar-refractivity contribution >= 4 is 18.0 Å². The number of hydrogen-bond donors (Lipinski definition) is 2. The van der Waals surface area contributed by atoms with Gasteiger partial charge in [-0.25, -0.2) is 9.59 Å². The van der Waals surface area contributed by atoms with Crippen molar-refractivity contribution in [3.05, 3.63) is 0 Å². The van der Waals surface area contributed by atoms with Crippen molar-refractivity contribution < 1.29 is 76.3 Å². The summed E-state index contributed by atoms with van der Waals surface area (Å²) in [5.74, 6) is -1.53. The van der Waals surface area contributed by atoms with Crippen LogP contribution in [0.3, 0.4) is 0 Å². The first kappa shape index (κ1) is 47.8. The summed E-state index contributed by atoms with van der Waals surface area (Å²) in [6.07, 6.45) is -0.373. The van der Waals surface area contributed by atoms with Crippen LogP contribution in [0.4, 0.5) is 4.79 Å². The molecule has 0 aromatic carbocycles. The summed E-state index contributed by atoms with van der Waals surface area (Å²) >= 11 is 0. The lowest BCUT2D eigenvalue weighted by molar-refractivity contribution is -0.143. The zero-order chi connectivity index (χ0) is 37.0. The number of amides is 2. The van der Waals surface area contributed by atoms with Gasteiger partial charge in [0.2, 0.25) is 5.91 Å². The number of hydrogen-bond acceptors (Lipinski definition) is 15. The summed E-state index contributed by atoms with van der Waals surface area (Å²) in [4.78, 5) is 35.0. The van der Waals surface area contributed by atoms with E-state index in [2.05, 4.69) is 10.1 Å². The van der Waals surface area contributed by atoms with Gasteiger partial charge in [-0.15, -0.1) is 0 Å². The summed E-state index contributed by atoms with van der Waals surface area (Å²) in [5, 5.41) is 11.0. The summed E-state index contributed by atoms with van der Waals surface area (Å²) in [6.45, 7) is 14.2. The smallest absolute Gasteiger partial charge is 0.410 e. The average Bonchev–Trinajstić information content (AvgIpc) is 3.05. The van der Waals surface area contributed by atoms with Gasteiger partial charge < -0.3 is 72.2 Å². The lowest BCUT2D eigenvalue weighted by atomic mass is 10.2. The molecule has 0 radical (unpaired) electrons. The first-order valence-electron chi connectivity index (χ1n) is 16.9. The molecule has 0 aliphatic heterocycles. The molecule has 0 rings (SSSR count). The Labute approximate surface area is 296 Å². The molecule has 0 aromatic rings. The molecule has 0 aromatic heterocycles. The van der Waals surface area contributed by atoms with E-state index in [1.54, 1.807) is 7.05 Å². The number of aliphatic carboxylic acids is 1. The summed E-state index contributed by atoms with van der Waals surface area (Å²) in [7, 11) is 1.67. The first-order valence-corrected chi connectivity index (χ1v) is 16.9. The van der Waals surface area contributed by atoms with Gasteiger partial charge in [-0.05, 0) is 20.8 Å². The zero-order valence-corrected chi connectivity index (χ0v) is 30.5. The minimum atomic E-state index is -1.13. The Hall–Kier alpha value is -2.23. The van der Waals surface area contributed by atoms with E-state index >= 15 is 0 Å². The third-order valence-electron chi connectivity index (χ3n) is 5.65. The lowest BCUT2D eigenvalue weighted by Crippen LogP contribution is -2.36. The Morgan fingerprint density at radius 1 is 0.500 bits per heavy atom. The molecule has 2 N–H and O–H groups in total. The minimum Gasteiger partial charge on any atom is -0.480 e. The molecule has 0 heterocycles. The fourth-order valence-electron chi connectivity index (χ4n) is 3.26. The van der Waals surface area contributed by atoms with Crippen molar-refractivity contribution in [3.63, 3.8) is 0 Å². The highest BCUT2D eigenvalue weighted by atomic mass is 16.6. The highest BCUT2D eigenvalue weighted by molar-refractivity contribution is 5.77. The Balaban J connectivity index is 3.17. The summed E-state index contributed by atoms with van der Waals surface area (Å²) < 4.78 is 64.3. The van der Waals surface area contributed by atoms with Gasteiger partial charge in [-0.2, -0.15) is 0 Å². The molecule has 0 unspecified atom stereocenters. The number of carboxylic acid groups (broad SMARTS) is 1. The maximum atomic E-state index is 11.9. The van der Waals surface area contributed by atoms with Crippen LogP contribution in [0.2, 0.25) is 0 Å². The normalized spacial score (nSPS) is 11.5. The molecule has 0 aliphatic rings. The van der Waals surface area contributed by atoms with Gasteiger partial charge in [0.05, 0.1) is 132 Å². The number of rotatable bonds is 37. The number of nitrogens with one attached hydrogen (secondary N) is 1. The van der Waals surface area contributed by atoms with Crippen molar-refractivity contribution in [1.82, 2.24) is 10.2 Å². The Morgan fingerprint density at radius 3 is 1.14 bits per heavy atom. The van der Waals surface area contributed by atoms with Crippen molar-refractivity contribution in [2.24, 2.45) is 0 Å². The summed E-state index contributed by atoms with van der Waals surface area (Å²) in [5.41, 5.74) is -0.518. The quantitative estimate of drug-likeness (QED) is 0.0824. The molecule has 0 bridgehead atoms.